The summed E-state index contributed by atoms with van der Waals surface area (Å²) in [5, 5.41) is 4.09. The van der Waals surface area contributed by atoms with Crippen molar-refractivity contribution < 1.29 is 27.5 Å². The first-order valence-corrected chi connectivity index (χ1v) is 7.62. The molecule has 0 aliphatic heterocycles. The Balaban J connectivity index is 2.61. The Hall–Kier alpha value is -2.42. The topological polar surface area (TPSA) is 119 Å². The molecule has 3 amide bonds. The lowest BCUT2D eigenvalue weighted by Crippen LogP contribution is -2.39. The summed E-state index contributed by atoms with van der Waals surface area (Å²) in [6.07, 6.45) is 1.05. The fourth-order valence-electron chi connectivity index (χ4n) is 1.28. The number of sulfone groups is 1. The fraction of sp³-hybridized carbons (Fsp3) is 0.250. The number of carbonyl (C=O) groups excluding carboxylic acids is 3. The van der Waals surface area contributed by atoms with Crippen molar-refractivity contribution in [2.75, 3.05) is 19.9 Å². The van der Waals surface area contributed by atoms with E-state index in [9.17, 15) is 22.8 Å². The molecule has 1 rings (SSSR count). The lowest BCUT2D eigenvalue weighted by Gasteiger charge is -2.06. The van der Waals surface area contributed by atoms with Crippen molar-refractivity contribution >= 4 is 27.7 Å². The number of benzene rings is 1. The Kier molecular flexibility index (Phi) is 5.42. The molecule has 0 aliphatic carbocycles. The van der Waals surface area contributed by atoms with Gasteiger partial charge in [0.25, 0.3) is 5.91 Å². The van der Waals surface area contributed by atoms with E-state index in [4.69, 9.17) is 0 Å². The average molecular weight is 314 g/mol. The maximum Gasteiger partial charge on any atom is 0.338 e. The maximum atomic E-state index is 11.6. The number of imide groups is 1. The monoisotopic (exact) mass is 314 g/mol. The zero-order valence-corrected chi connectivity index (χ0v) is 12.2. The van der Waals surface area contributed by atoms with Gasteiger partial charge in [-0.3, -0.25) is 10.1 Å². The average Bonchev–Trinajstić information content (AvgIpc) is 2.43. The third-order valence-corrected chi connectivity index (χ3v) is 3.46. The van der Waals surface area contributed by atoms with E-state index in [1.807, 2.05) is 5.32 Å². The van der Waals surface area contributed by atoms with E-state index in [0.29, 0.717) is 0 Å². The SMILES string of the molecule is CNC(=O)NC(=O)COC(=O)c1ccc(S(C)(=O)=O)cc1. The minimum atomic E-state index is -3.35. The Morgan fingerprint density at radius 1 is 1.14 bits per heavy atom. The number of ether oxygens (including phenoxy) is 1. The normalized spacial score (nSPS) is 10.6. The number of hydrogen-bond acceptors (Lipinski definition) is 6. The molecule has 0 heterocycles. The van der Waals surface area contributed by atoms with Gasteiger partial charge in [-0.05, 0) is 24.3 Å². The van der Waals surface area contributed by atoms with E-state index in [-0.39, 0.29) is 10.5 Å². The van der Waals surface area contributed by atoms with Crippen molar-refractivity contribution in [1.29, 1.82) is 0 Å². The van der Waals surface area contributed by atoms with Gasteiger partial charge in [-0.25, -0.2) is 18.0 Å². The van der Waals surface area contributed by atoms with Crippen molar-refractivity contribution in [2.24, 2.45) is 0 Å². The number of urea groups is 1. The fourth-order valence-corrected chi connectivity index (χ4v) is 1.91. The highest BCUT2D eigenvalue weighted by molar-refractivity contribution is 7.90. The molecule has 0 saturated carbocycles. The van der Waals surface area contributed by atoms with E-state index < -0.39 is 34.4 Å². The number of hydrogen-bond donors (Lipinski definition) is 2. The third kappa shape index (κ3) is 5.22. The van der Waals surface area contributed by atoms with Crippen LogP contribution >= 0.6 is 0 Å². The number of carbonyl (C=O) groups is 3. The van der Waals surface area contributed by atoms with E-state index in [1.54, 1.807) is 0 Å². The minimum Gasteiger partial charge on any atom is -0.452 e. The molecular formula is C12H14N2O6S. The smallest absolute Gasteiger partial charge is 0.338 e. The summed E-state index contributed by atoms with van der Waals surface area (Å²) < 4.78 is 27.2. The van der Waals surface area contributed by atoms with Crippen LogP contribution in [0.15, 0.2) is 29.2 Å². The van der Waals surface area contributed by atoms with E-state index in [1.165, 1.54) is 31.3 Å². The number of rotatable bonds is 4. The molecule has 0 fully saturated rings. The van der Waals surface area contributed by atoms with Crippen molar-refractivity contribution in [3.05, 3.63) is 29.8 Å². The predicted molar refractivity (Wildman–Crippen MR) is 72.4 cm³/mol. The summed E-state index contributed by atoms with van der Waals surface area (Å²) in [7, 11) is -2.02. The molecule has 0 saturated heterocycles. The van der Waals surface area contributed by atoms with Gasteiger partial charge in [-0.2, -0.15) is 0 Å². The van der Waals surface area contributed by atoms with Crippen molar-refractivity contribution in [2.45, 2.75) is 4.90 Å². The van der Waals surface area contributed by atoms with Crippen LogP contribution in [0.4, 0.5) is 4.79 Å². The molecule has 0 atom stereocenters. The van der Waals surface area contributed by atoms with Crippen LogP contribution in [0.2, 0.25) is 0 Å². The summed E-state index contributed by atoms with van der Waals surface area (Å²) in [6.45, 7) is -0.625. The molecule has 0 unspecified atom stereocenters. The molecule has 0 radical (unpaired) electrons. The van der Waals surface area contributed by atoms with Gasteiger partial charge < -0.3 is 10.1 Å². The lowest BCUT2D eigenvalue weighted by molar-refractivity contribution is -0.123. The zero-order valence-electron chi connectivity index (χ0n) is 11.4. The molecule has 0 bridgehead atoms. The van der Waals surface area contributed by atoms with E-state index in [0.717, 1.165) is 6.26 Å². The summed E-state index contributed by atoms with van der Waals surface area (Å²) in [5.41, 5.74) is 0.0927. The molecule has 9 heteroatoms. The van der Waals surface area contributed by atoms with Crippen molar-refractivity contribution in [3.8, 4) is 0 Å². The predicted octanol–water partition coefficient (Wildman–Crippen LogP) is -0.297. The zero-order chi connectivity index (χ0) is 16.0. The van der Waals surface area contributed by atoms with Crippen LogP contribution in [0, 0.1) is 0 Å². The molecular weight excluding hydrogens is 300 g/mol. The molecule has 0 aliphatic rings. The Bertz CT molecular complexity index is 651. The van der Waals surface area contributed by atoms with Crippen LogP contribution in [0.5, 0.6) is 0 Å². The molecule has 21 heavy (non-hydrogen) atoms. The second kappa shape index (κ2) is 6.84. The summed E-state index contributed by atoms with van der Waals surface area (Å²) >= 11 is 0. The van der Waals surface area contributed by atoms with Gasteiger partial charge >= 0.3 is 12.0 Å². The van der Waals surface area contributed by atoms with Gasteiger partial charge in [-0.1, -0.05) is 0 Å². The van der Waals surface area contributed by atoms with Gasteiger partial charge in [0.05, 0.1) is 10.5 Å². The molecule has 0 aromatic heterocycles. The summed E-state index contributed by atoms with van der Waals surface area (Å²) in [4.78, 5) is 33.7. The first-order chi connectivity index (χ1) is 9.74. The first-order valence-electron chi connectivity index (χ1n) is 5.73. The largest absolute Gasteiger partial charge is 0.452 e. The van der Waals surface area contributed by atoms with Crippen LogP contribution in [0.1, 0.15) is 10.4 Å². The van der Waals surface area contributed by atoms with Crippen LogP contribution in [-0.2, 0) is 19.4 Å². The number of esters is 1. The van der Waals surface area contributed by atoms with Crippen LogP contribution in [-0.4, -0.2) is 46.2 Å². The Morgan fingerprint density at radius 2 is 1.71 bits per heavy atom. The maximum absolute atomic E-state index is 11.6. The first kappa shape index (κ1) is 16.6. The molecule has 2 N–H and O–H groups in total. The van der Waals surface area contributed by atoms with Crippen LogP contribution < -0.4 is 10.6 Å². The van der Waals surface area contributed by atoms with Gasteiger partial charge in [-0.15, -0.1) is 0 Å². The van der Waals surface area contributed by atoms with Crippen LogP contribution in [0.3, 0.4) is 0 Å². The standard InChI is InChI=1S/C12H14N2O6S/c1-13-12(17)14-10(15)7-20-11(16)8-3-5-9(6-4-8)21(2,18)19/h3-6H,7H2,1-2H3,(H2,13,14,15,17). The van der Waals surface area contributed by atoms with Gasteiger partial charge in [0.15, 0.2) is 16.4 Å². The molecule has 0 spiro atoms. The number of nitrogens with one attached hydrogen (secondary N) is 2. The lowest BCUT2D eigenvalue weighted by atomic mass is 10.2. The van der Waals surface area contributed by atoms with Crippen LogP contribution in [0.25, 0.3) is 0 Å². The molecule has 1 aromatic rings. The van der Waals surface area contributed by atoms with Gasteiger partial charge in [0.1, 0.15) is 0 Å². The molecule has 1 aromatic carbocycles. The van der Waals surface area contributed by atoms with Crippen molar-refractivity contribution in [1.82, 2.24) is 10.6 Å². The van der Waals surface area contributed by atoms with E-state index >= 15 is 0 Å². The van der Waals surface area contributed by atoms with Gasteiger partial charge in [0.2, 0.25) is 0 Å². The van der Waals surface area contributed by atoms with Crippen molar-refractivity contribution in [3.63, 3.8) is 0 Å². The Labute approximate surface area is 121 Å². The third-order valence-electron chi connectivity index (χ3n) is 2.33. The summed E-state index contributed by atoms with van der Waals surface area (Å²) in [6, 6.07) is 4.35. The highest BCUT2D eigenvalue weighted by Gasteiger charge is 2.13. The second-order valence-electron chi connectivity index (χ2n) is 4.00. The van der Waals surface area contributed by atoms with Gasteiger partial charge in [0, 0.05) is 13.3 Å². The minimum absolute atomic E-state index is 0.0661. The highest BCUT2D eigenvalue weighted by Crippen LogP contribution is 2.11. The van der Waals surface area contributed by atoms with E-state index in [2.05, 4.69) is 10.1 Å². The Morgan fingerprint density at radius 3 is 2.19 bits per heavy atom. The summed E-state index contributed by atoms with van der Waals surface area (Å²) in [5.74, 6) is -1.59. The highest BCUT2D eigenvalue weighted by atomic mass is 32.2. The molecule has 114 valence electrons. The number of amides is 3. The quantitative estimate of drug-likeness (QED) is 0.737. The second-order valence-corrected chi connectivity index (χ2v) is 6.02. The molecule has 8 nitrogen and oxygen atoms in total.